The fourth-order valence-corrected chi connectivity index (χ4v) is 5.61. The fourth-order valence-electron chi connectivity index (χ4n) is 5.61. The Labute approximate surface area is 226 Å². The summed E-state index contributed by atoms with van der Waals surface area (Å²) in [6.45, 7) is 2.64. The summed E-state index contributed by atoms with van der Waals surface area (Å²) in [6, 6.07) is 3.97. The number of amidine groups is 2. The number of pyridine rings is 1. The van der Waals surface area contributed by atoms with E-state index in [1.807, 2.05) is 23.9 Å². The Morgan fingerprint density at radius 3 is 3.10 bits per heavy atom. The van der Waals surface area contributed by atoms with Gasteiger partial charge in [0.15, 0.2) is 5.84 Å². The number of ether oxygens (including phenoxy) is 3. The average molecular weight is 538 g/mol. The van der Waals surface area contributed by atoms with Crippen molar-refractivity contribution in [1.82, 2.24) is 30.9 Å². The van der Waals surface area contributed by atoms with E-state index in [-0.39, 0.29) is 24.3 Å². The van der Waals surface area contributed by atoms with Crippen LogP contribution in [0.2, 0.25) is 0 Å². The number of nitrogens with one attached hydrogen (secondary N) is 4. The van der Waals surface area contributed by atoms with Gasteiger partial charge < -0.3 is 30.3 Å². The SMILES string of the molecule is Cn1nc(COC2CCOC2)c2c1C(N=C1CC([C@H]3CC[C@@H](OC(=O)NCc4cccnc4)C3)NN1)=NCN2. The first-order chi connectivity index (χ1) is 19.1. The van der Waals surface area contributed by atoms with Gasteiger partial charge in [-0.15, -0.1) is 0 Å². The quantitative estimate of drug-likeness (QED) is 0.413. The monoisotopic (exact) mass is 537 g/mol. The lowest BCUT2D eigenvalue weighted by Crippen LogP contribution is -2.36. The fraction of sp³-hybridized carbons (Fsp3) is 0.577. The standard InChI is InChI=1S/C26H35N9O4/c1-35-24-23(21(34-35)14-38-19-6-8-37-13-19)29-15-30-25(24)31-22-10-20(32-33-22)17-4-5-18(9-17)39-26(36)28-12-16-3-2-7-27-11-16/h2-3,7,11,17-20,29,32H,4-6,8-10,12-15H2,1H3,(H,28,36)(H,30,31,33)/t17-,18+,19?,20?/m0/s1. The highest BCUT2D eigenvalue weighted by Gasteiger charge is 2.36. The third-order valence-electron chi connectivity index (χ3n) is 7.64. The maximum atomic E-state index is 12.3. The molecule has 0 spiro atoms. The number of carbonyl (C=O) groups is 1. The lowest BCUT2D eigenvalue weighted by Gasteiger charge is -2.17. The van der Waals surface area contributed by atoms with E-state index in [1.165, 1.54) is 0 Å². The zero-order chi connectivity index (χ0) is 26.6. The van der Waals surface area contributed by atoms with Crippen molar-refractivity contribution in [3.05, 3.63) is 41.5 Å². The molecule has 2 unspecified atom stereocenters. The molecule has 4 N–H and O–H groups in total. The first-order valence-corrected chi connectivity index (χ1v) is 13.6. The second-order valence-corrected chi connectivity index (χ2v) is 10.4. The number of alkyl carbamates (subject to hydrolysis) is 1. The molecule has 4 aliphatic rings. The molecule has 1 saturated carbocycles. The number of fused-ring (bicyclic) bond motifs is 1. The van der Waals surface area contributed by atoms with Crippen molar-refractivity contribution < 1.29 is 19.0 Å². The molecular weight excluding hydrogens is 502 g/mol. The van der Waals surface area contributed by atoms with Gasteiger partial charge in [-0.25, -0.2) is 20.2 Å². The average Bonchev–Trinajstić information content (AvgIpc) is 3.76. The first-order valence-electron chi connectivity index (χ1n) is 13.6. The van der Waals surface area contributed by atoms with Crippen LogP contribution in [-0.4, -0.2) is 70.7 Å². The van der Waals surface area contributed by atoms with Crippen molar-refractivity contribution in [2.24, 2.45) is 23.0 Å². The molecule has 2 aromatic heterocycles. The van der Waals surface area contributed by atoms with E-state index in [4.69, 9.17) is 19.2 Å². The molecule has 0 radical (unpaired) electrons. The number of aryl methyl sites for hydroxylation is 1. The van der Waals surface area contributed by atoms with Crippen molar-refractivity contribution in [3.63, 3.8) is 0 Å². The first kappa shape index (κ1) is 25.7. The zero-order valence-corrected chi connectivity index (χ0v) is 22.1. The van der Waals surface area contributed by atoms with Crippen molar-refractivity contribution in [1.29, 1.82) is 0 Å². The van der Waals surface area contributed by atoms with Crippen LogP contribution in [0.5, 0.6) is 0 Å². The molecule has 13 nitrogen and oxygen atoms in total. The molecule has 208 valence electrons. The number of hydrogen-bond donors (Lipinski definition) is 4. The predicted molar refractivity (Wildman–Crippen MR) is 143 cm³/mol. The number of amides is 1. The molecular formula is C26H35N9O4. The van der Waals surface area contributed by atoms with Gasteiger partial charge in [0.2, 0.25) is 0 Å². The molecule has 5 heterocycles. The third kappa shape index (κ3) is 6.05. The lowest BCUT2D eigenvalue weighted by atomic mass is 9.96. The zero-order valence-electron chi connectivity index (χ0n) is 22.1. The highest BCUT2D eigenvalue weighted by atomic mass is 16.6. The van der Waals surface area contributed by atoms with Gasteiger partial charge in [0.1, 0.15) is 30.0 Å². The van der Waals surface area contributed by atoms with Gasteiger partial charge in [0.25, 0.3) is 0 Å². The van der Waals surface area contributed by atoms with E-state index in [1.54, 1.807) is 12.4 Å². The summed E-state index contributed by atoms with van der Waals surface area (Å²) in [5.41, 5.74) is 10.2. The molecule has 39 heavy (non-hydrogen) atoms. The predicted octanol–water partition coefficient (Wildman–Crippen LogP) is 1.61. The molecule has 3 fully saturated rings. The van der Waals surface area contributed by atoms with Crippen molar-refractivity contribution in [2.75, 3.05) is 25.2 Å². The number of carbonyl (C=O) groups excluding carboxylic acids is 1. The number of aliphatic imine (C=N–C) groups is 2. The maximum Gasteiger partial charge on any atom is 0.407 e. The smallest absolute Gasteiger partial charge is 0.407 e. The second kappa shape index (κ2) is 11.7. The van der Waals surface area contributed by atoms with Crippen LogP contribution in [-0.2, 0) is 34.4 Å². The summed E-state index contributed by atoms with van der Waals surface area (Å²) in [6.07, 6.45) is 7.40. The molecule has 13 heteroatoms. The van der Waals surface area contributed by atoms with Gasteiger partial charge in [0.05, 0.1) is 25.0 Å². The maximum absolute atomic E-state index is 12.3. The van der Waals surface area contributed by atoms with Crippen molar-refractivity contribution >= 4 is 23.5 Å². The van der Waals surface area contributed by atoms with E-state index < -0.39 is 0 Å². The largest absolute Gasteiger partial charge is 0.446 e. The number of hydrogen-bond acceptors (Lipinski definition) is 10. The second-order valence-electron chi connectivity index (χ2n) is 10.4. The lowest BCUT2D eigenvalue weighted by molar-refractivity contribution is 0.0302. The van der Waals surface area contributed by atoms with Crippen LogP contribution < -0.4 is 21.5 Å². The summed E-state index contributed by atoms with van der Waals surface area (Å²) in [7, 11) is 1.90. The van der Waals surface area contributed by atoms with Crippen LogP contribution in [0.3, 0.4) is 0 Å². The van der Waals surface area contributed by atoms with E-state index in [9.17, 15) is 4.79 Å². The highest BCUT2D eigenvalue weighted by molar-refractivity contribution is 6.10. The topological polar surface area (TPSA) is 148 Å². The number of aromatic nitrogens is 3. The number of rotatable bonds is 7. The molecule has 3 aliphatic heterocycles. The van der Waals surface area contributed by atoms with E-state index in [2.05, 4.69) is 36.6 Å². The Morgan fingerprint density at radius 2 is 2.26 bits per heavy atom. The van der Waals surface area contributed by atoms with Gasteiger partial charge in [0, 0.05) is 45.1 Å². The summed E-state index contributed by atoms with van der Waals surface area (Å²) in [5, 5.41) is 10.8. The minimum Gasteiger partial charge on any atom is -0.446 e. The Bertz CT molecular complexity index is 1230. The minimum absolute atomic E-state index is 0.0890. The molecule has 6 rings (SSSR count). The Hall–Kier alpha value is -3.55. The molecule has 2 aromatic rings. The Kier molecular flexibility index (Phi) is 7.70. The van der Waals surface area contributed by atoms with Gasteiger partial charge >= 0.3 is 6.09 Å². The molecule has 1 aliphatic carbocycles. The highest BCUT2D eigenvalue weighted by Crippen LogP contribution is 2.33. The summed E-state index contributed by atoms with van der Waals surface area (Å²) in [5.74, 6) is 1.87. The molecule has 0 aromatic carbocycles. The van der Waals surface area contributed by atoms with Crippen molar-refractivity contribution in [2.45, 2.75) is 63.5 Å². The van der Waals surface area contributed by atoms with Gasteiger partial charge in [-0.1, -0.05) is 6.07 Å². The van der Waals surface area contributed by atoms with Gasteiger partial charge in [-0.2, -0.15) is 5.10 Å². The molecule has 4 atom stereocenters. The molecule has 0 bridgehead atoms. The Morgan fingerprint density at radius 1 is 1.31 bits per heavy atom. The molecule has 2 saturated heterocycles. The number of anilines is 1. The summed E-state index contributed by atoms with van der Waals surface area (Å²) in [4.78, 5) is 25.8. The number of nitrogens with zero attached hydrogens (tertiary/aromatic N) is 5. The van der Waals surface area contributed by atoms with Crippen molar-refractivity contribution in [3.8, 4) is 0 Å². The Balaban J connectivity index is 1.01. The van der Waals surface area contributed by atoms with E-state index in [0.717, 1.165) is 67.2 Å². The summed E-state index contributed by atoms with van der Waals surface area (Å²) < 4.78 is 18.9. The normalized spacial score (nSPS) is 27.1. The third-order valence-corrected chi connectivity index (χ3v) is 7.64. The van der Waals surface area contributed by atoms with Crippen LogP contribution in [0.15, 0.2) is 34.5 Å². The van der Waals surface area contributed by atoms with Crippen LogP contribution in [0.1, 0.15) is 49.1 Å². The van der Waals surface area contributed by atoms with E-state index >= 15 is 0 Å². The van der Waals surface area contributed by atoms with Gasteiger partial charge in [-0.05, 0) is 43.2 Å². The minimum atomic E-state index is -0.387. The van der Waals surface area contributed by atoms with Crippen LogP contribution in [0.4, 0.5) is 10.5 Å². The van der Waals surface area contributed by atoms with Crippen LogP contribution >= 0.6 is 0 Å². The van der Waals surface area contributed by atoms with Gasteiger partial charge in [-0.3, -0.25) is 9.67 Å². The van der Waals surface area contributed by atoms with E-state index in [0.29, 0.717) is 38.2 Å². The van der Waals surface area contributed by atoms with Crippen LogP contribution in [0, 0.1) is 5.92 Å². The summed E-state index contributed by atoms with van der Waals surface area (Å²) >= 11 is 0. The molecule has 1 amide bonds. The number of hydrazine groups is 1. The van der Waals surface area contributed by atoms with Crippen LogP contribution in [0.25, 0.3) is 0 Å².